The number of nitrogens with one attached hydrogen (secondary N) is 1. The first kappa shape index (κ1) is 19.2. The topological polar surface area (TPSA) is 75.4 Å². The Morgan fingerprint density at radius 2 is 1.95 bits per heavy atom. The highest BCUT2D eigenvalue weighted by Gasteiger charge is 2.32. The fourth-order valence-corrected chi connectivity index (χ4v) is 3.60. The van der Waals surface area contributed by atoms with Gasteiger partial charge < -0.3 is 16.0 Å². The molecule has 0 aromatic carbocycles. The van der Waals surface area contributed by atoms with Crippen LogP contribution < -0.4 is 11.1 Å². The summed E-state index contributed by atoms with van der Waals surface area (Å²) < 4.78 is 0. The Balaban J connectivity index is 0.00000242. The van der Waals surface area contributed by atoms with Crippen LogP contribution in [-0.4, -0.2) is 42.9 Å². The van der Waals surface area contributed by atoms with Gasteiger partial charge in [-0.15, -0.1) is 12.4 Å². The van der Waals surface area contributed by atoms with Crippen molar-refractivity contribution in [2.75, 3.05) is 26.2 Å². The Morgan fingerprint density at radius 3 is 2.55 bits per heavy atom. The van der Waals surface area contributed by atoms with Gasteiger partial charge in [-0.2, -0.15) is 0 Å². The van der Waals surface area contributed by atoms with Crippen LogP contribution >= 0.6 is 12.4 Å². The van der Waals surface area contributed by atoms with Gasteiger partial charge >= 0.3 is 0 Å². The van der Waals surface area contributed by atoms with Crippen molar-refractivity contribution in [2.45, 2.75) is 57.8 Å². The summed E-state index contributed by atoms with van der Waals surface area (Å²) in [5.74, 6) is 0.376. The van der Waals surface area contributed by atoms with Crippen molar-refractivity contribution in [2.24, 2.45) is 11.1 Å². The smallest absolute Gasteiger partial charge is 0.222 e. The predicted octanol–water partition coefficient (Wildman–Crippen LogP) is 1.84. The summed E-state index contributed by atoms with van der Waals surface area (Å²) in [5, 5.41) is 3.00. The van der Waals surface area contributed by atoms with E-state index < -0.39 is 0 Å². The highest BCUT2D eigenvalue weighted by molar-refractivity contribution is 5.85. The molecule has 1 aliphatic heterocycles. The number of likely N-dealkylation sites (tertiary alicyclic amines) is 1. The molecule has 0 unspecified atom stereocenters. The molecule has 2 aliphatic rings. The maximum absolute atomic E-state index is 12.1. The van der Waals surface area contributed by atoms with Crippen molar-refractivity contribution < 1.29 is 9.59 Å². The van der Waals surface area contributed by atoms with Gasteiger partial charge in [0.2, 0.25) is 11.8 Å². The molecular weight excluding hydrogens is 302 g/mol. The molecule has 1 saturated heterocycles. The van der Waals surface area contributed by atoms with Crippen molar-refractivity contribution in [3.63, 3.8) is 0 Å². The zero-order valence-corrected chi connectivity index (χ0v) is 14.3. The van der Waals surface area contributed by atoms with Crippen LogP contribution in [0.2, 0.25) is 0 Å². The summed E-state index contributed by atoms with van der Waals surface area (Å²) in [7, 11) is 0. The second-order valence-electron chi connectivity index (χ2n) is 6.63. The second-order valence-corrected chi connectivity index (χ2v) is 6.63. The Hall–Kier alpha value is -0.810. The molecule has 2 amide bonds. The molecule has 2 rings (SSSR count). The number of carbonyl (C=O) groups excluding carboxylic acids is 2. The second kappa shape index (κ2) is 9.36. The molecule has 6 heteroatoms. The van der Waals surface area contributed by atoms with Crippen LogP contribution in [0.1, 0.15) is 57.8 Å². The van der Waals surface area contributed by atoms with Crippen molar-refractivity contribution >= 4 is 24.2 Å². The van der Waals surface area contributed by atoms with E-state index in [1.165, 1.54) is 19.3 Å². The van der Waals surface area contributed by atoms with Gasteiger partial charge in [-0.1, -0.05) is 19.3 Å². The summed E-state index contributed by atoms with van der Waals surface area (Å²) in [6.45, 7) is 2.91. The van der Waals surface area contributed by atoms with Gasteiger partial charge in [-0.3, -0.25) is 9.59 Å². The molecular formula is C16H30ClN3O2. The first-order valence-corrected chi connectivity index (χ1v) is 8.40. The summed E-state index contributed by atoms with van der Waals surface area (Å²) in [5.41, 5.74) is 5.95. The zero-order valence-electron chi connectivity index (χ0n) is 13.4. The van der Waals surface area contributed by atoms with E-state index in [4.69, 9.17) is 5.73 Å². The summed E-state index contributed by atoms with van der Waals surface area (Å²) in [6.07, 6.45) is 8.89. The first-order valence-electron chi connectivity index (χ1n) is 8.40. The molecule has 0 aromatic heterocycles. The number of amides is 2. The Kier molecular flexibility index (Phi) is 8.18. The molecule has 0 bridgehead atoms. The number of halogens is 1. The number of nitrogens with two attached hydrogens (primary N) is 1. The molecule has 128 valence electrons. The lowest BCUT2D eigenvalue weighted by Gasteiger charge is -2.35. The van der Waals surface area contributed by atoms with Crippen LogP contribution in [0.4, 0.5) is 0 Å². The van der Waals surface area contributed by atoms with E-state index in [9.17, 15) is 9.59 Å². The third-order valence-electron chi connectivity index (χ3n) is 4.98. The highest BCUT2D eigenvalue weighted by atomic mass is 35.5. The monoisotopic (exact) mass is 331 g/mol. The minimum atomic E-state index is 0. The number of hydrogen-bond donors (Lipinski definition) is 2. The van der Waals surface area contributed by atoms with Crippen molar-refractivity contribution in [1.82, 2.24) is 10.2 Å². The van der Waals surface area contributed by atoms with E-state index in [-0.39, 0.29) is 29.6 Å². The Labute approximate surface area is 139 Å². The quantitative estimate of drug-likeness (QED) is 0.699. The number of carbonyl (C=O) groups is 2. The molecule has 0 spiro atoms. The van der Waals surface area contributed by atoms with E-state index in [2.05, 4.69) is 5.32 Å². The average Bonchev–Trinajstić information content (AvgIpc) is 2.90. The molecule has 0 aromatic rings. The van der Waals surface area contributed by atoms with Crippen LogP contribution in [0, 0.1) is 5.41 Å². The number of nitrogens with zero attached hydrogens (tertiary/aromatic N) is 1. The molecule has 2 fully saturated rings. The van der Waals surface area contributed by atoms with Gasteiger partial charge in [0.05, 0.1) is 0 Å². The lowest BCUT2D eigenvalue weighted by Crippen LogP contribution is -2.39. The van der Waals surface area contributed by atoms with Gasteiger partial charge in [-0.25, -0.2) is 0 Å². The molecule has 1 saturated carbocycles. The lowest BCUT2D eigenvalue weighted by molar-refractivity contribution is -0.127. The summed E-state index contributed by atoms with van der Waals surface area (Å²) in [4.78, 5) is 25.5. The third kappa shape index (κ3) is 5.43. The fourth-order valence-electron chi connectivity index (χ4n) is 3.60. The van der Waals surface area contributed by atoms with Crippen molar-refractivity contribution in [3.05, 3.63) is 0 Å². The van der Waals surface area contributed by atoms with Crippen LogP contribution in [0.3, 0.4) is 0 Å². The Morgan fingerprint density at radius 1 is 1.23 bits per heavy atom. The largest absolute Gasteiger partial charge is 0.356 e. The zero-order chi connectivity index (χ0) is 15.1. The minimum Gasteiger partial charge on any atom is -0.356 e. The number of rotatable bonds is 7. The van der Waals surface area contributed by atoms with Gasteiger partial charge in [0.1, 0.15) is 0 Å². The van der Waals surface area contributed by atoms with Crippen LogP contribution in [0.5, 0.6) is 0 Å². The summed E-state index contributed by atoms with van der Waals surface area (Å²) >= 11 is 0. The van der Waals surface area contributed by atoms with E-state index in [0.29, 0.717) is 25.9 Å². The maximum atomic E-state index is 12.1. The van der Waals surface area contributed by atoms with E-state index in [1.807, 2.05) is 4.90 Å². The van der Waals surface area contributed by atoms with Crippen molar-refractivity contribution in [3.8, 4) is 0 Å². The first-order chi connectivity index (χ1) is 10.2. The van der Waals surface area contributed by atoms with E-state index >= 15 is 0 Å². The maximum Gasteiger partial charge on any atom is 0.222 e. The molecule has 1 heterocycles. The fraction of sp³-hybridized carbons (Fsp3) is 0.875. The van der Waals surface area contributed by atoms with Gasteiger partial charge in [0.15, 0.2) is 0 Å². The normalized spacial score (nSPS) is 20.6. The highest BCUT2D eigenvalue weighted by Crippen LogP contribution is 2.38. The van der Waals surface area contributed by atoms with Gasteiger partial charge in [0.25, 0.3) is 0 Å². The Bertz CT molecular complexity index is 370. The lowest BCUT2D eigenvalue weighted by atomic mass is 9.71. The SMILES string of the molecule is Cl.NCC1(CC(=O)NCCCN2CCCC2=O)CCCCC1. The molecule has 22 heavy (non-hydrogen) atoms. The molecule has 1 aliphatic carbocycles. The van der Waals surface area contributed by atoms with Gasteiger partial charge in [-0.05, 0) is 37.6 Å². The standard InChI is InChI=1S/C16H29N3O2.ClH/c17-13-16(7-2-1-3-8-16)12-14(20)18-9-5-11-19-10-4-6-15(19)21;/h1-13,17H2,(H,18,20);1H. The van der Waals surface area contributed by atoms with Crippen LogP contribution in [0.15, 0.2) is 0 Å². The predicted molar refractivity (Wildman–Crippen MR) is 89.9 cm³/mol. The number of hydrogen-bond acceptors (Lipinski definition) is 3. The average molecular weight is 332 g/mol. The van der Waals surface area contributed by atoms with Crippen LogP contribution in [0.25, 0.3) is 0 Å². The summed E-state index contributed by atoms with van der Waals surface area (Å²) in [6, 6.07) is 0. The third-order valence-corrected chi connectivity index (χ3v) is 4.98. The molecule has 0 atom stereocenters. The van der Waals surface area contributed by atoms with Gasteiger partial charge in [0, 0.05) is 32.5 Å². The molecule has 5 nitrogen and oxygen atoms in total. The molecule has 0 radical (unpaired) electrons. The van der Waals surface area contributed by atoms with Crippen molar-refractivity contribution in [1.29, 1.82) is 0 Å². The molecule has 3 N–H and O–H groups in total. The van der Waals surface area contributed by atoms with E-state index in [1.54, 1.807) is 0 Å². The van der Waals surface area contributed by atoms with E-state index in [0.717, 1.165) is 38.8 Å². The minimum absolute atomic E-state index is 0. The van der Waals surface area contributed by atoms with Crippen LogP contribution in [-0.2, 0) is 9.59 Å².